The first kappa shape index (κ1) is 12.9. The van der Waals surface area contributed by atoms with Gasteiger partial charge in [0.25, 0.3) is 0 Å². The summed E-state index contributed by atoms with van der Waals surface area (Å²) in [4.78, 5) is 20.1. The summed E-state index contributed by atoms with van der Waals surface area (Å²) in [5.41, 5.74) is 0. The molecule has 2 heterocycles. The minimum absolute atomic E-state index is 0.0537. The van der Waals surface area contributed by atoms with Crippen LogP contribution in [0.2, 0.25) is 0 Å². The molecule has 0 unspecified atom stereocenters. The van der Waals surface area contributed by atoms with Crippen LogP contribution in [-0.4, -0.2) is 28.5 Å². The van der Waals surface area contributed by atoms with Crippen molar-refractivity contribution in [3.8, 4) is 0 Å². The van der Waals surface area contributed by atoms with Gasteiger partial charge in [0.15, 0.2) is 5.82 Å². The van der Waals surface area contributed by atoms with Crippen molar-refractivity contribution < 1.29 is 4.79 Å². The van der Waals surface area contributed by atoms with E-state index in [9.17, 15) is 4.79 Å². The van der Waals surface area contributed by atoms with E-state index in [0.29, 0.717) is 15.0 Å². The summed E-state index contributed by atoms with van der Waals surface area (Å²) in [5, 5.41) is 5.95. The second-order valence-corrected chi connectivity index (χ2v) is 5.39. The molecule has 5 nitrogen and oxygen atoms in total. The lowest BCUT2D eigenvalue weighted by Gasteiger charge is -2.22. The van der Waals surface area contributed by atoms with Gasteiger partial charge >= 0.3 is 0 Å². The van der Waals surface area contributed by atoms with Crippen molar-refractivity contribution in [2.24, 2.45) is 0 Å². The van der Waals surface area contributed by atoms with Crippen molar-refractivity contribution in [3.05, 3.63) is 15.4 Å². The van der Waals surface area contributed by atoms with Gasteiger partial charge in [0.2, 0.25) is 5.91 Å². The fraction of sp³-hybridized carbons (Fsp3) is 0.500. The van der Waals surface area contributed by atoms with Crippen LogP contribution in [0.25, 0.3) is 0 Å². The predicted octanol–water partition coefficient (Wildman–Crippen LogP) is 2.08. The van der Waals surface area contributed by atoms with Crippen molar-refractivity contribution in [1.29, 1.82) is 0 Å². The van der Waals surface area contributed by atoms with E-state index in [1.54, 1.807) is 6.20 Å². The molecule has 2 rings (SSSR count). The standard InChI is InChI=1S/C10H12Br2N4O/c11-7-5-14-9(8(12)15-7)16-10(17)6-3-1-2-4-13-6/h5-6,13H,1-4H2,(H,14,16,17)/t6-/m1/s1. The van der Waals surface area contributed by atoms with Crippen molar-refractivity contribution >= 4 is 43.6 Å². The normalized spacial score (nSPS) is 20.0. The number of rotatable bonds is 2. The summed E-state index contributed by atoms with van der Waals surface area (Å²) in [6.07, 6.45) is 4.63. The molecule has 1 aliphatic rings. The average Bonchev–Trinajstić information content (AvgIpc) is 2.34. The Bertz CT molecular complexity index is 421. The van der Waals surface area contributed by atoms with E-state index in [4.69, 9.17) is 0 Å². The molecule has 0 bridgehead atoms. The highest BCUT2D eigenvalue weighted by Crippen LogP contribution is 2.20. The van der Waals surface area contributed by atoms with Gasteiger partial charge in [-0.2, -0.15) is 0 Å². The Morgan fingerprint density at radius 1 is 1.47 bits per heavy atom. The first-order valence-electron chi connectivity index (χ1n) is 5.39. The third kappa shape index (κ3) is 3.46. The van der Waals surface area contributed by atoms with Crippen LogP contribution in [0, 0.1) is 0 Å². The molecule has 0 saturated carbocycles. The van der Waals surface area contributed by atoms with E-state index in [2.05, 4.69) is 52.5 Å². The van der Waals surface area contributed by atoms with Crippen LogP contribution in [0.1, 0.15) is 19.3 Å². The van der Waals surface area contributed by atoms with Crippen LogP contribution in [0.5, 0.6) is 0 Å². The summed E-state index contributed by atoms with van der Waals surface area (Å²) in [6.45, 7) is 0.894. The van der Waals surface area contributed by atoms with E-state index in [0.717, 1.165) is 25.8 Å². The number of anilines is 1. The van der Waals surface area contributed by atoms with Crippen molar-refractivity contribution in [3.63, 3.8) is 0 Å². The molecule has 1 aliphatic heterocycles. The summed E-state index contributed by atoms with van der Waals surface area (Å²) in [5.74, 6) is 0.396. The number of nitrogens with one attached hydrogen (secondary N) is 2. The maximum absolute atomic E-state index is 11.9. The summed E-state index contributed by atoms with van der Waals surface area (Å²) in [6, 6.07) is -0.124. The van der Waals surface area contributed by atoms with E-state index >= 15 is 0 Å². The van der Waals surface area contributed by atoms with E-state index in [1.165, 1.54) is 0 Å². The minimum atomic E-state index is -0.124. The number of carbonyl (C=O) groups is 1. The van der Waals surface area contributed by atoms with Crippen molar-refractivity contribution in [2.45, 2.75) is 25.3 Å². The summed E-state index contributed by atoms with van der Waals surface area (Å²) in [7, 11) is 0. The smallest absolute Gasteiger partial charge is 0.242 e. The van der Waals surface area contributed by atoms with Crippen LogP contribution in [0.3, 0.4) is 0 Å². The zero-order chi connectivity index (χ0) is 12.3. The molecule has 1 aromatic heterocycles. The Balaban J connectivity index is 2.02. The molecule has 2 N–H and O–H groups in total. The van der Waals surface area contributed by atoms with Crippen LogP contribution >= 0.6 is 31.9 Å². The van der Waals surface area contributed by atoms with Crippen LogP contribution in [0.15, 0.2) is 15.4 Å². The Hall–Kier alpha value is -0.530. The molecule has 1 fully saturated rings. The highest BCUT2D eigenvalue weighted by Gasteiger charge is 2.21. The van der Waals surface area contributed by atoms with Crippen molar-refractivity contribution in [1.82, 2.24) is 15.3 Å². The zero-order valence-corrected chi connectivity index (χ0v) is 12.2. The number of hydrogen-bond acceptors (Lipinski definition) is 4. The Kier molecular flexibility index (Phi) is 4.47. The zero-order valence-electron chi connectivity index (χ0n) is 9.04. The molecule has 17 heavy (non-hydrogen) atoms. The van der Waals surface area contributed by atoms with Crippen LogP contribution < -0.4 is 10.6 Å². The second kappa shape index (κ2) is 5.88. The van der Waals surface area contributed by atoms with E-state index < -0.39 is 0 Å². The van der Waals surface area contributed by atoms with E-state index in [-0.39, 0.29) is 11.9 Å². The molecular weight excluding hydrogens is 352 g/mol. The average molecular weight is 364 g/mol. The molecule has 7 heteroatoms. The summed E-state index contributed by atoms with van der Waals surface area (Å²) < 4.78 is 1.15. The monoisotopic (exact) mass is 362 g/mol. The molecule has 0 aliphatic carbocycles. The van der Waals surface area contributed by atoms with Gasteiger partial charge in [-0.3, -0.25) is 4.79 Å². The number of amides is 1. The molecule has 1 amide bonds. The summed E-state index contributed by atoms with van der Waals surface area (Å²) >= 11 is 6.47. The first-order valence-corrected chi connectivity index (χ1v) is 6.97. The number of aromatic nitrogens is 2. The Morgan fingerprint density at radius 2 is 2.29 bits per heavy atom. The van der Waals surface area contributed by atoms with Gasteiger partial charge in [0.05, 0.1) is 12.2 Å². The number of nitrogens with zero attached hydrogens (tertiary/aromatic N) is 2. The fourth-order valence-electron chi connectivity index (χ4n) is 1.71. The lowest BCUT2D eigenvalue weighted by molar-refractivity contribution is -0.118. The van der Waals surface area contributed by atoms with Crippen molar-refractivity contribution in [2.75, 3.05) is 11.9 Å². The van der Waals surface area contributed by atoms with Gasteiger partial charge in [-0.05, 0) is 51.2 Å². The van der Waals surface area contributed by atoms with Gasteiger partial charge < -0.3 is 10.6 Å². The molecule has 0 radical (unpaired) electrons. The highest BCUT2D eigenvalue weighted by atomic mass is 79.9. The van der Waals surface area contributed by atoms with Gasteiger partial charge in [-0.15, -0.1) is 0 Å². The fourth-order valence-corrected chi connectivity index (χ4v) is 2.62. The lowest BCUT2D eigenvalue weighted by atomic mass is 10.0. The largest absolute Gasteiger partial charge is 0.307 e. The molecule has 1 aromatic rings. The van der Waals surface area contributed by atoms with Gasteiger partial charge in [-0.1, -0.05) is 6.42 Å². The first-order chi connectivity index (χ1) is 8.16. The third-order valence-electron chi connectivity index (χ3n) is 2.57. The van der Waals surface area contributed by atoms with Gasteiger partial charge in [-0.25, -0.2) is 9.97 Å². The molecule has 1 saturated heterocycles. The Morgan fingerprint density at radius 3 is 2.94 bits per heavy atom. The molecule has 0 aromatic carbocycles. The Labute approximate surface area is 116 Å². The van der Waals surface area contributed by atoms with Gasteiger partial charge in [0, 0.05) is 0 Å². The quantitative estimate of drug-likeness (QED) is 0.844. The topological polar surface area (TPSA) is 66.9 Å². The maximum atomic E-state index is 11.9. The van der Waals surface area contributed by atoms with Crippen LogP contribution in [0.4, 0.5) is 5.82 Å². The number of halogens is 2. The van der Waals surface area contributed by atoms with Crippen LogP contribution in [-0.2, 0) is 4.79 Å². The van der Waals surface area contributed by atoms with E-state index in [1.807, 2.05) is 0 Å². The lowest BCUT2D eigenvalue weighted by Crippen LogP contribution is -2.43. The molecule has 1 atom stereocenters. The maximum Gasteiger partial charge on any atom is 0.242 e. The molecular formula is C10H12Br2N4O. The minimum Gasteiger partial charge on any atom is -0.307 e. The number of carbonyl (C=O) groups excluding carboxylic acids is 1. The highest BCUT2D eigenvalue weighted by molar-refractivity contribution is 9.11. The molecule has 92 valence electrons. The van der Waals surface area contributed by atoms with Gasteiger partial charge in [0.1, 0.15) is 9.21 Å². The number of piperidine rings is 1. The SMILES string of the molecule is O=C(Nc1ncc(Br)nc1Br)[C@H]1CCCCN1. The molecule has 0 spiro atoms. The second-order valence-electron chi connectivity index (χ2n) is 3.82. The predicted molar refractivity (Wildman–Crippen MR) is 71.7 cm³/mol. The third-order valence-corrected chi connectivity index (χ3v) is 3.50. The number of hydrogen-bond donors (Lipinski definition) is 2.